The van der Waals surface area contributed by atoms with Gasteiger partial charge in [-0.05, 0) is 41.5 Å². The highest BCUT2D eigenvalue weighted by molar-refractivity contribution is 6.08. The van der Waals surface area contributed by atoms with Gasteiger partial charge in [0.2, 0.25) is 11.7 Å². The lowest BCUT2D eigenvalue weighted by Crippen LogP contribution is -2.48. The molecule has 3 aromatic carbocycles. The van der Waals surface area contributed by atoms with E-state index in [1.54, 1.807) is 17.9 Å². The molecule has 1 aromatic heterocycles. The monoisotopic (exact) mass is 483 g/mol. The van der Waals surface area contributed by atoms with Crippen molar-refractivity contribution in [2.45, 2.75) is 13.0 Å². The number of nitrogens with zero attached hydrogens (tertiary/aromatic N) is 5. The van der Waals surface area contributed by atoms with E-state index in [-0.39, 0.29) is 17.8 Å². The number of carbonyl (C=O) groups excluding carboxylic acids is 1. The molecule has 0 spiro atoms. The molecule has 6 rings (SSSR count). The van der Waals surface area contributed by atoms with E-state index in [0.717, 1.165) is 35.5 Å². The predicted octanol–water partition coefficient (Wildman–Crippen LogP) is 4.69. The number of hydrogen-bond acceptors (Lipinski definition) is 6. The first kappa shape index (κ1) is 22.4. The first-order chi connectivity index (χ1) is 17.5. The predicted molar refractivity (Wildman–Crippen MR) is 136 cm³/mol. The van der Waals surface area contributed by atoms with Crippen molar-refractivity contribution in [1.82, 2.24) is 15.0 Å². The smallest absolute Gasteiger partial charge is 0.258 e. The summed E-state index contributed by atoms with van der Waals surface area (Å²) in [6.45, 7) is 4.51. The summed E-state index contributed by atoms with van der Waals surface area (Å²) in [5, 5.41) is 3.89. The van der Waals surface area contributed by atoms with Gasteiger partial charge in [0, 0.05) is 57.0 Å². The first-order valence-electron chi connectivity index (χ1n) is 12.1. The maximum atomic E-state index is 15.1. The van der Waals surface area contributed by atoms with E-state index in [1.165, 1.54) is 6.07 Å². The van der Waals surface area contributed by atoms with Crippen LogP contribution in [0.15, 0.2) is 71.3 Å². The molecule has 4 aromatic rings. The number of anilines is 2. The average Bonchev–Trinajstić information content (AvgIpc) is 3.32. The molecule has 8 heteroatoms. The maximum Gasteiger partial charge on any atom is 0.258 e. The van der Waals surface area contributed by atoms with Crippen LogP contribution in [0.5, 0.6) is 0 Å². The van der Waals surface area contributed by atoms with Crippen LogP contribution < -0.4 is 9.80 Å². The fourth-order valence-corrected chi connectivity index (χ4v) is 5.35. The zero-order valence-corrected chi connectivity index (χ0v) is 20.2. The lowest BCUT2D eigenvalue weighted by molar-refractivity contribution is 0.0992. The molecule has 1 fully saturated rings. The Morgan fingerprint density at radius 1 is 0.917 bits per heavy atom. The summed E-state index contributed by atoms with van der Waals surface area (Å²) in [6.07, 6.45) is 0. The second-order valence-corrected chi connectivity index (χ2v) is 9.24. The van der Waals surface area contributed by atoms with Crippen molar-refractivity contribution >= 4 is 17.3 Å². The fourth-order valence-electron chi connectivity index (χ4n) is 5.35. The molecular weight excluding hydrogens is 457 g/mol. The molecular formula is C28H26FN5O2. The molecule has 1 unspecified atom stereocenters. The van der Waals surface area contributed by atoms with Crippen LogP contribution in [0.25, 0.3) is 11.4 Å². The number of amides is 1. The molecule has 0 N–H and O–H groups in total. The molecule has 0 aliphatic carbocycles. The van der Waals surface area contributed by atoms with Gasteiger partial charge in [-0.15, -0.1) is 0 Å². The van der Waals surface area contributed by atoms with E-state index in [0.29, 0.717) is 36.1 Å². The third-order valence-electron chi connectivity index (χ3n) is 7.14. The SMILES string of the molecule is Cc1nc(-c2ccc(N3CCN(C4c5ccccc5C(=O)N(C)c5ccccc54)CC3)c(F)c2)no1. The lowest BCUT2D eigenvalue weighted by Gasteiger charge is -2.41. The van der Waals surface area contributed by atoms with Crippen LogP contribution in [0.1, 0.15) is 33.4 Å². The number of aryl methyl sites for hydroxylation is 1. The van der Waals surface area contributed by atoms with Gasteiger partial charge in [0.05, 0.1) is 11.7 Å². The van der Waals surface area contributed by atoms with Crippen molar-refractivity contribution in [3.8, 4) is 11.4 Å². The molecule has 2 aliphatic heterocycles. The molecule has 182 valence electrons. The Bertz CT molecular complexity index is 1440. The van der Waals surface area contributed by atoms with Crippen molar-refractivity contribution < 1.29 is 13.7 Å². The summed E-state index contributed by atoms with van der Waals surface area (Å²) in [5.74, 6) is 0.520. The minimum absolute atomic E-state index is 0.00172. The lowest BCUT2D eigenvalue weighted by atomic mass is 9.93. The van der Waals surface area contributed by atoms with Gasteiger partial charge in [0.25, 0.3) is 5.91 Å². The van der Waals surface area contributed by atoms with E-state index >= 15 is 4.39 Å². The van der Waals surface area contributed by atoms with Crippen molar-refractivity contribution in [2.75, 3.05) is 43.0 Å². The van der Waals surface area contributed by atoms with E-state index in [9.17, 15) is 4.79 Å². The highest BCUT2D eigenvalue weighted by Crippen LogP contribution is 2.40. The molecule has 0 bridgehead atoms. The minimum Gasteiger partial charge on any atom is -0.367 e. The van der Waals surface area contributed by atoms with Crippen molar-refractivity contribution in [2.24, 2.45) is 0 Å². The third kappa shape index (κ3) is 3.74. The second kappa shape index (κ2) is 8.87. The molecule has 0 saturated carbocycles. The number of benzene rings is 3. The van der Waals surface area contributed by atoms with E-state index < -0.39 is 0 Å². The Labute approximate surface area is 208 Å². The van der Waals surface area contributed by atoms with Crippen LogP contribution in [-0.2, 0) is 0 Å². The van der Waals surface area contributed by atoms with Crippen LogP contribution in [0.2, 0.25) is 0 Å². The third-order valence-corrected chi connectivity index (χ3v) is 7.14. The Kier molecular flexibility index (Phi) is 5.53. The van der Waals surface area contributed by atoms with Crippen LogP contribution in [0, 0.1) is 12.7 Å². The van der Waals surface area contributed by atoms with Crippen molar-refractivity contribution in [3.05, 3.63) is 95.1 Å². The Morgan fingerprint density at radius 2 is 1.64 bits per heavy atom. The number of halogens is 1. The van der Waals surface area contributed by atoms with Crippen molar-refractivity contribution in [3.63, 3.8) is 0 Å². The number of aromatic nitrogens is 2. The average molecular weight is 484 g/mol. The van der Waals surface area contributed by atoms with E-state index in [1.807, 2.05) is 49.5 Å². The van der Waals surface area contributed by atoms with Gasteiger partial charge in [-0.3, -0.25) is 9.69 Å². The molecule has 7 nitrogen and oxygen atoms in total. The molecule has 36 heavy (non-hydrogen) atoms. The second-order valence-electron chi connectivity index (χ2n) is 9.24. The largest absolute Gasteiger partial charge is 0.367 e. The summed E-state index contributed by atoms with van der Waals surface area (Å²) in [4.78, 5) is 23.7. The first-order valence-corrected chi connectivity index (χ1v) is 12.1. The number of carbonyl (C=O) groups is 1. The van der Waals surface area contributed by atoms with Crippen LogP contribution >= 0.6 is 0 Å². The molecule has 1 saturated heterocycles. The number of rotatable bonds is 3. The summed E-state index contributed by atoms with van der Waals surface area (Å²) < 4.78 is 20.2. The zero-order chi connectivity index (χ0) is 24.8. The van der Waals surface area contributed by atoms with Crippen LogP contribution in [0.3, 0.4) is 0 Å². The standard InChI is InChI=1S/C28H26FN5O2/c1-18-30-27(31-36-18)19-11-12-25(23(29)17-19)33-13-15-34(16-14-33)26-20-7-3-4-8-21(20)28(35)32(2)24-10-6-5-9-22(24)26/h3-12,17,26H,13-16H2,1-2H3. The van der Waals surface area contributed by atoms with E-state index in [4.69, 9.17) is 4.52 Å². The van der Waals surface area contributed by atoms with Gasteiger partial charge in [0.1, 0.15) is 5.82 Å². The minimum atomic E-state index is -0.305. The normalized spacial score (nSPS) is 18.1. The molecule has 2 aliphatic rings. The highest BCUT2D eigenvalue weighted by Gasteiger charge is 2.35. The zero-order valence-electron chi connectivity index (χ0n) is 20.2. The Hall–Kier alpha value is -4.04. The van der Waals surface area contributed by atoms with Gasteiger partial charge in [-0.25, -0.2) is 4.39 Å². The number of hydrogen-bond donors (Lipinski definition) is 0. The van der Waals surface area contributed by atoms with Crippen molar-refractivity contribution in [1.29, 1.82) is 0 Å². The van der Waals surface area contributed by atoms with Gasteiger partial charge in [0.15, 0.2) is 0 Å². The number of piperazine rings is 1. The summed E-state index contributed by atoms with van der Waals surface area (Å²) >= 11 is 0. The Balaban J connectivity index is 1.28. The topological polar surface area (TPSA) is 65.7 Å². The van der Waals surface area contributed by atoms with Gasteiger partial charge in [-0.1, -0.05) is 41.6 Å². The number of para-hydroxylation sites is 1. The number of fused-ring (bicyclic) bond motifs is 2. The fraction of sp³-hybridized carbons (Fsp3) is 0.250. The summed E-state index contributed by atoms with van der Waals surface area (Å²) in [5.41, 5.74) is 4.92. The van der Waals surface area contributed by atoms with Gasteiger partial charge >= 0.3 is 0 Å². The van der Waals surface area contributed by atoms with Gasteiger partial charge < -0.3 is 14.3 Å². The molecule has 1 atom stereocenters. The Morgan fingerprint density at radius 3 is 2.36 bits per heavy atom. The molecule has 3 heterocycles. The van der Waals surface area contributed by atoms with Crippen LogP contribution in [-0.4, -0.2) is 54.2 Å². The molecule has 1 amide bonds. The maximum absolute atomic E-state index is 15.1. The van der Waals surface area contributed by atoms with Crippen LogP contribution in [0.4, 0.5) is 15.8 Å². The van der Waals surface area contributed by atoms with Gasteiger partial charge in [-0.2, -0.15) is 4.98 Å². The highest BCUT2D eigenvalue weighted by atomic mass is 19.1. The molecule has 0 radical (unpaired) electrons. The quantitative estimate of drug-likeness (QED) is 0.421. The summed E-state index contributed by atoms with van der Waals surface area (Å²) in [6, 6.07) is 21.0. The van der Waals surface area contributed by atoms with E-state index in [2.05, 4.69) is 32.1 Å². The summed E-state index contributed by atoms with van der Waals surface area (Å²) in [7, 11) is 1.83.